The summed E-state index contributed by atoms with van der Waals surface area (Å²) < 4.78 is 0.860. The molecular weight excluding hydrogens is 358 g/mol. The van der Waals surface area contributed by atoms with Crippen molar-refractivity contribution in [1.82, 2.24) is 5.32 Å². The average Bonchev–Trinajstić information content (AvgIpc) is 3.31. The molecule has 3 rings (SSSR count). The molecule has 1 aliphatic carbocycles. The van der Waals surface area contributed by atoms with E-state index in [0.717, 1.165) is 23.0 Å². The molecule has 0 aromatic heterocycles. The lowest BCUT2D eigenvalue weighted by Crippen LogP contribution is -2.54. The fourth-order valence-electron chi connectivity index (χ4n) is 3.21. The molecule has 0 bridgehead atoms. The lowest BCUT2D eigenvalue weighted by Gasteiger charge is -2.30. The maximum absolute atomic E-state index is 12.6. The number of nitrogens with two attached hydrogens (primary N) is 1. The predicted molar refractivity (Wildman–Crippen MR) is 92.9 cm³/mol. The SMILES string of the molecule is CC(CN)(NC(=O)C1CC(=O)N(c2ccccc2Br)C1)C1CC1. The molecule has 0 spiro atoms. The maximum atomic E-state index is 12.6. The van der Waals surface area contributed by atoms with Gasteiger partial charge in [-0.15, -0.1) is 0 Å². The lowest BCUT2D eigenvalue weighted by atomic mass is 9.94. The fraction of sp³-hybridized carbons (Fsp3) is 0.529. The third-order valence-corrected chi connectivity index (χ3v) is 5.62. The van der Waals surface area contributed by atoms with E-state index in [1.807, 2.05) is 31.2 Å². The molecule has 124 valence electrons. The third-order valence-electron chi connectivity index (χ3n) is 4.95. The highest BCUT2D eigenvalue weighted by Gasteiger charge is 2.44. The summed E-state index contributed by atoms with van der Waals surface area (Å²) in [6, 6.07) is 7.57. The van der Waals surface area contributed by atoms with E-state index in [2.05, 4.69) is 21.2 Å². The molecule has 2 unspecified atom stereocenters. The van der Waals surface area contributed by atoms with Crippen LogP contribution in [0.3, 0.4) is 0 Å². The van der Waals surface area contributed by atoms with Crippen molar-refractivity contribution in [1.29, 1.82) is 0 Å². The number of hydrogen-bond donors (Lipinski definition) is 2. The first-order valence-corrected chi connectivity index (χ1v) is 8.81. The first kappa shape index (κ1) is 16.5. The van der Waals surface area contributed by atoms with Gasteiger partial charge in [0, 0.05) is 24.0 Å². The van der Waals surface area contributed by atoms with Crippen molar-refractivity contribution in [2.45, 2.75) is 31.7 Å². The second-order valence-electron chi connectivity index (χ2n) is 6.74. The monoisotopic (exact) mass is 379 g/mol. The predicted octanol–water partition coefficient (Wildman–Crippen LogP) is 2.05. The van der Waals surface area contributed by atoms with Gasteiger partial charge in [0.25, 0.3) is 0 Å². The van der Waals surface area contributed by atoms with E-state index in [4.69, 9.17) is 5.73 Å². The van der Waals surface area contributed by atoms with Crippen molar-refractivity contribution in [2.75, 3.05) is 18.0 Å². The van der Waals surface area contributed by atoms with Crippen molar-refractivity contribution in [3.8, 4) is 0 Å². The zero-order chi connectivity index (χ0) is 16.6. The van der Waals surface area contributed by atoms with E-state index in [0.29, 0.717) is 19.0 Å². The minimum absolute atomic E-state index is 0.0158. The molecule has 2 atom stereocenters. The number of halogens is 1. The van der Waals surface area contributed by atoms with Gasteiger partial charge in [-0.25, -0.2) is 0 Å². The van der Waals surface area contributed by atoms with Crippen LogP contribution in [0.1, 0.15) is 26.2 Å². The summed E-state index contributed by atoms with van der Waals surface area (Å²) in [4.78, 5) is 26.6. The summed E-state index contributed by atoms with van der Waals surface area (Å²) in [5.74, 6) is 0.0674. The van der Waals surface area contributed by atoms with Gasteiger partial charge in [0.05, 0.1) is 17.1 Å². The van der Waals surface area contributed by atoms with Crippen LogP contribution in [0, 0.1) is 11.8 Å². The quantitative estimate of drug-likeness (QED) is 0.821. The number of nitrogens with one attached hydrogen (secondary N) is 1. The number of rotatable bonds is 5. The summed E-state index contributed by atoms with van der Waals surface area (Å²) in [6.45, 7) is 2.85. The number of amides is 2. The number of anilines is 1. The minimum atomic E-state index is -0.346. The van der Waals surface area contributed by atoms with Crippen LogP contribution >= 0.6 is 15.9 Å². The van der Waals surface area contributed by atoms with Gasteiger partial charge >= 0.3 is 0 Å². The molecule has 2 fully saturated rings. The molecule has 3 N–H and O–H groups in total. The van der Waals surface area contributed by atoms with Crippen molar-refractivity contribution in [3.63, 3.8) is 0 Å². The van der Waals surface area contributed by atoms with Crippen LogP contribution < -0.4 is 16.0 Å². The molecule has 23 heavy (non-hydrogen) atoms. The van der Waals surface area contributed by atoms with Gasteiger partial charge in [-0.3, -0.25) is 9.59 Å². The Balaban J connectivity index is 1.70. The summed E-state index contributed by atoms with van der Waals surface area (Å²) in [6.07, 6.45) is 2.47. The largest absolute Gasteiger partial charge is 0.349 e. The maximum Gasteiger partial charge on any atom is 0.227 e. The molecule has 0 radical (unpaired) electrons. The smallest absolute Gasteiger partial charge is 0.227 e. The molecule has 1 aliphatic heterocycles. The molecule has 5 nitrogen and oxygen atoms in total. The Bertz CT molecular complexity index is 632. The van der Waals surface area contributed by atoms with Gasteiger partial charge in [-0.2, -0.15) is 0 Å². The van der Waals surface area contributed by atoms with Crippen molar-refractivity contribution < 1.29 is 9.59 Å². The molecule has 1 heterocycles. The van der Waals surface area contributed by atoms with Gasteiger partial charge in [-0.05, 0) is 53.7 Å². The molecule has 1 aromatic carbocycles. The van der Waals surface area contributed by atoms with Gasteiger partial charge in [0.2, 0.25) is 11.8 Å². The molecule has 2 amide bonds. The van der Waals surface area contributed by atoms with E-state index < -0.39 is 0 Å². The first-order valence-electron chi connectivity index (χ1n) is 8.01. The molecule has 2 aliphatic rings. The topological polar surface area (TPSA) is 75.4 Å². The fourth-order valence-corrected chi connectivity index (χ4v) is 3.71. The number of benzene rings is 1. The minimum Gasteiger partial charge on any atom is -0.349 e. The number of para-hydroxylation sites is 1. The van der Waals surface area contributed by atoms with Crippen LogP contribution in [0.15, 0.2) is 28.7 Å². The van der Waals surface area contributed by atoms with E-state index in [9.17, 15) is 9.59 Å². The Morgan fingerprint density at radius 1 is 1.43 bits per heavy atom. The van der Waals surface area contributed by atoms with Crippen LogP contribution in [-0.4, -0.2) is 30.4 Å². The van der Waals surface area contributed by atoms with E-state index in [1.54, 1.807) is 4.90 Å². The summed E-state index contributed by atoms with van der Waals surface area (Å²) in [5, 5.41) is 3.10. The van der Waals surface area contributed by atoms with Crippen LogP contribution in [0.2, 0.25) is 0 Å². The molecular formula is C17H22BrN3O2. The first-order chi connectivity index (χ1) is 10.9. The van der Waals surface area contributed by atoms with E-state index in [-0.39, 0.29) is 29.7 Å². The average molecular weight is 380 g/mol. The highest BCUT2D eigenvalue weighted by molar-refractivity contribution is 9.10. The second kappa shape index (κ2) is 6.24. The van der Waals surface area contributed by atoms with Crippen molar-refractivity contribution in [2.24, 2.45) is 17.6 Å². The van der Waals surface area contributed by atoms with Crippen molar-refractivity contribution in [3.05, 3.63) is 28.7 Å². The molecule has 6 heteroatoms. The van der Waals surface area contributed by atoms with Crippen LogP contribution in [0.5, 0.6) is 0 Å². The zero-order valence-electron chi connectivity index (χ0n) is 13.2. The highest BCUT2D eigenvalue weighted by Crippen LogP contribution is 2.39. The van der Waals surface area contributed by atoms with Crippen LogP contribution in [-0.2, 0) is 9.59 Å². The Labute approximate surface area is 144 Å². The summed E-state index contributed by atoms with van der Waals surface area (Å²) >= 11 is 3.47. The Hall–Kier alpha value is -1.40. The number of nitrogens with zero attached hydrogens (tertiary/aromatic N) is 1. The Morgan fingerprint density at radius 3 is 2.74 bits per heavy atom. The number of carbonyl (C=O) groups excluding carboxylic acids is 2. The standard InChI is InChI=1S/C17H22BrN3O2/c1-17(10-19,12-6-7-12)20-16(23)11-8-15(22)21(9-11)14-5-3-2-4-13(14)18/h2-5,11-12H,6-10,19H2,1H3,(H,20,23). The van der Waals surface area contributed by atoms with Crippen LogP contribution in [0.25, 0.3) is 0 Å². The van der Waals surface area contributed by atoms with Gasteiger partial charge in [-0.1, -0.05) is 12.1 Å². The second-order valence-corrected chi connectivity index (χ2v) is 7.60. The van der Waals surface area contributed by atoms with E-state index >= 15 is 0 Å². The Morgan fingerprint density at radius 2 is 2.13 bits per heavy atom. The third kappa shape index (κ3) is 3.28. The Kier molecular flexibility index (Phi) is 4.47. The normalized spacial score (nSPS) is 23.7. The molecule has 1 aromatic rings. The summed E-state index contributed by atoms with van der Waals surface area (Å²) in [7, 11) is 0. The number of carbonyl (C=O) groups is 2. The number of hydrogen-bond acceptors (Lipinski definition) is 3. The van der Waals surface area contributed by atoms with Crippen LogP contribution in [0.4, 0.5) is 5.69 Å². The van der Waals surface area contributed by atoms with E-state index in [1.165, 1.54) is 0 Å². The lowest BCUT2D eigenvalue weighted by molar-refractivity contribution is -0.128. The van der Waals surface area contributed by atoms with Crippen molar-refractivity contribution >= 4 is 33.4 Å². The van der Waals surface area contributed by atoms with Gasteiger partial charge in [0.15, 0.2) is 0 Å². The summed E-state index contributed by atoms with van der Waals surface area (Å²) in [5.41, 5.74) is 6.33. The molecule has 1 saturated heterocycles. The highest BCUT2D eigenvalue weighted by atomic mass is 79.9. The van der Waals surface area contributed by atoms with Gasteiger partial charge < -0.3 is 16.0 Å². The van der Waals surface area contributed by atoms with Gasteiger partial charge in [0.1, 0.15) is 0 Å². The molecule has 1 saturated carbocycles. The zero-order valence-corrected chi connectivity index (χ0v) is 14.8.